The number of fused-ring (bicyclic) bond motifs is 2. The Morgan fingerprint density at radius 2 is 1.76 bits per heavy atom. The Labute approximate surface area is 253 Å². The Bertz CT molecular complexity index is 1910. The average molecular weight is 617 g/mol. The zero-order valence-electron chi connectivity index (χ0n) is 21.6. The molecular weight excluding hydrogens is 598 g/mol. The van der Waals surface area contributed by atoms with Crippen LogP contribution in [0.4, 0.5) is 4.39 Å². The number of esters is 1. The van der Waals surface area contributed by atoms with Crippen LogP contribution in [0.15, 0.2) is 96.4 Å². The number of hydrogen-bond acceptors (Lipinski definition) is 7. The number of rotatable bonds is 6. The molecule has 0 radical (unpaired) electrons. The number of nitrogens with zero attached hydrogens (tertiary/aromatic N) is 1. The molecule has 1 aliphatic heterocycles. The molecule has 10 heteroatoms. The molecule has 0 saturated heterocycles. The molecular formula is C32H19Cl2FN2O4S. The number of thiophene rings is 1. The molecule has 1 aliphatic rings. The van der Waals surface area contributed by atoms with E-state index in [4.69, 9.17) is 43.1 Å². The van der Waals surface area contributed by atoms with Gasteiger partial charge in [0, 0.05) is 21.7 Å². The largest absolute Gasteiger partial charge is 0.489 e. The number of carbonyl (C=O) groups is 1. The first-order valence-corrected chi connectivity index (χ1v) is 14.2. The maximum Gasteiger partial charge on any atom is 0.355 e. The first-order chi connectivity index (χ1) is 20.3. The van der Waals surface area contributed by atoms with E-state index in [1.807, 2.05) is 18.2 Å². The highest BCUT2D eigenvalue weighted by molar-refractivity contribution is 7.21. The lowest BCUT2D eigenvalue weighted by molar-refractivity contribution is 0.0740. The van der Waals surface area contributed by atoms with Gasteiger partial charge >= 0.3 is 5.97 Å². The lowest BCUT2D eigenvalue weighted by atomic mass is 9.83. The number of benzene rings is 4. The molecule has 0 aliphatic carbocycles. The minimum Gasteiger partial charge on any atom is -0.489 e. The second-order valence-corrected chi connectivity index (χ2v) is 11.2. The van der Waals surface area contributed by atoms with E-state index in [2.05, 4.69) is 6.07 Å². The molecule has 42 heavy (non-hydrogen) atoms. The lowest BCUT2D eigenvalue weighted by Gasteiger charge is -2.26. The first kappa shape index (κ1) is 27.6. The highest BCUT2D eigenvalue weighted by atomic mass is 35.5. The van der Waals surface area contributed by atoms with Gasteiger partial charge in [-0.2, -0.15) is 5.26 Å². The van der Waals surface area contributed by atoms with E-state index < -0.39 is 11.9 Å². The van der Waals surface area contributed by atoms with Crippen molar-refractivity contribution >= 4 is 50.6 Å². The number of nitrogens with two attached hydrogens (primary N) is 1. The van der Waals surface area contributed by atoms with Crippen LogP contribution in [0.3, 0.4) is 0 Å². The van der Waals surface area contributed by atoms with Gasteiger partial charge in [-0.05, 0) is 53.6 Å². The Hall–Kier alpha value is -4.55. The van der Waals surface area contributed by atoms with Crippen LogP contribution in [-0.2, 0) is 6.61 Å². The summed E-state index contributed by atoms with van der Waals surface area (Å²) >= 11 is 13.9. The van der Waals surface area contributed by atoms with Crippen LogP contribution in [0.5, 0.6) is 17.2 Å². The van der Waals surface area contributed by atoms with Crippen molar-refractivity contribution in [3.8, 4) is 23.3 Å². The van der Waals surface area contributed by atoms with E-state index in [9.17, 15) is 14.4 Å². The third-order valence-electron chi connectivity index (χ3n) is 6.72. The van der Waals surface area contributed by atoms with Crippen LogP contribution >= 0.6 is 34.5 Å². The van der Waals surface area contributed by atoms with Crippen molar-refractivity contribution in [3.05, 3.63) is 134 Å². The van der Waals surface area contributed by atoms with Crippen molar-refractivity contribution in [2.75, 3.05) is 0 Å². The molecule has 1 unspecified atom stereocenters. The summed E-state index contributed by atoms with van der Waals surface area (Å²) in [5.74, 6) is -0.335. The van der Waals surface area contributed by atoms with Crippen molar-refractivity contribution in [3.63, 3.8) is 0 Å². The third kappa shape index (κ3) is 5.26. The lowest BCUT2D eigenvalue weighted by Crippen LogP contribution is -2.21. The molecule has 1 aromatic heterocycles. The van der Waals surface area contributed by atoms with Crippen molar-refractivity contribution < 1.29 is 23.4 Å². The third-order valence-corrected chi connectivity index (χ3v) is 8.66. The summed E-state index contributed by atoms with van der Waals surface area (Å²) in [6.45, 7) is 0.275. The summed E-state index contributed by atoms with van der Waals surface area (Å²) in [6.07, 6.45) is 0. The Kier molecular flexibility index (Phi) is 7.48. The number of nitriles is 1. The van der Waals surface area contributed by atoms with E-state index in [-0.39, 0.29) is 39.5 Å². The molecule has 6 nitrogen and oxygen atoms in total. The Morgan fingerprint density at radius 3 is 2.48 bits per heavy atom. The van der Waals surface area contributed by atoms with Gasteiger partial charge in [0.1, 0.15) is 46.2 Å². The predicted octanol–water partition coefficient (Wildman–Crippen LogP) is 8.36. The minimum absolute atomic E-state index is 0.0442. The summed E-state index contributed by atoms with van der Waals surface area (Å²) < 4.78 is 31.2. The topological polar surface area (TPSA) is 94.6 Å². The average Bonchev–Trinajstić information content (AvgIpc) is 3.34. The molecule has 0 fully saturated rings. The number of halogens is 3. The Morgan fingerprint density at radius 1 is 1.02 bits per heavy atom. The number of carbonyl (C=O) groups excluding carboxylic acids is 1. The van der Waals surface area contributed by atoms with E-state index in [0.717, 1.165) is 15.8 Å². The maximum atomic E-state index is 13.2. The van der Waals surface area contributed by atoms with E-state index >= 15 is 0 Å². The SMILES string of the molecule is N#CC1=C(N)Oc2cc(OC(=O)c3sc4cccc(Cl)c4c3Cl)ccc2C1c1ccc(OCc2ccc(F)cc2)cc1. The van der Waals surface area contributed by atoms with Crippen LogP contribution in [0, 0.1) is 17.1 Å². The zero-order chi connectivity index (χ0) is 29.4. The molecule has 0 bridgehead atoms. The molecule has 1 atom stereocenters. The standard InChI is InChI=1S/C32H19Cl2FN2O4S/c33-24-2-1-3-26-28(24)29(34)30(42-26)32(38)40-21-12-13-22-25(14-21)41-31(37)23(15-36)27(22)18-6-10-20(11-7-18)39-16-17-4-8-19(35)9-5-17/h1-14,27H,16,37H2. The van der Waals surface area contributed by atoms with E-state index in [1.165, 1.54) is 23.5 Å². The number of ether oxygens (including phenoxy) is 3. The predicted molar refractivity (Wildman–Crippen MR) is 160 cm³/mol. The summed E-state index contributed by atoms with van der Waals surface area (Å²) in [5, 5.41) is 11.2. The normalized spacial score (nSPS) is 14.2. The molecule has 2 N–H and O–H groups in total. The highest BCUT2D eigenvalue weighted by Crippen LogP contribution is 2.44. The quantitative estimate of drug-likeness (QED) is 0.152. The first-order valence-electron chi connectivity index (χ1n) is 12.6. The molecule has 4 aromatic carbocycles. The fraction of sp³-hybridized carbons (Fsp3) is 0.0625. The van der Waals surface area contributed by atoms with Gasteiger partial charge in [0.15, 0.2) is 0 Å². The molecule has 208 valence electrons. The van der Waals surface area contributed by atoms with Crippen LogP contribution in [-0.4, -0.2) is 5.97 Å². The van der Waals surface area contributed by atoms with Gasteiger partial charge in [-0.3, -0.25) is 0 Å². The van der Waals surface area contributed by atoms with Crippen molar-refractivity contribution in [1.82, 2.24) is 0 Å². The molecule has 0 saturated carbocycles. The summed E-state index contributed by atoms with van der Waals surface area (Å²) in [6, 6.07) is 25.7. The van der Waals surface area contributed by atoms with Crippen LogP contribution in [0.1, 0.15) is 32.3 Å². The highest BCUT2D eigenvalue weighted by Gasteiger charge is 2.31. The number of hydrogen-bond donors (Lipinski definition) is 1. The van der Waals surface area contributed by atoms with Gasteiger partial charge in [0.25, 0.3) is 0 Å². The van der Waals surface area contributed by atoms with E-state index in [1.54, 1.807) is 54.6 Å². The van der Waals surface area contributed by atoms with Crippen LogP contribution in [0.25, 0.3) is 10.1 Å². The fourth-order valence-corrected chi connectivity index (χ4v) is 6.52. The molecule has 6 rings (SSSR count). The zero-order valence-corrected chi connectivity index (χ0v) is 23.9. The van der Waals surface area contributed by atoms with Gasteiger partial charge < -0.3 is 19.9 Å². The van der Waals surface area contributed by atoms with Crippen LogP contribution < -0.4 is 19.9 Å². The van der Waals surface area contributed by atoms with Gasteiger partial charge in [0.2, 0.25) is 5.88 Å². The van der Waals surface area contributed by atoms with Gasteiger partial charge in [-0.25, -0.2) is 9.18 Å². The second-order valence-electron chi connectivity index (χ2n) is 9.36. The van der Waals surface area contributed by atoms with Crippen LogP contribution in [0.2, 0.25) is 10.0 Å². The van der Waals surface area contributed by atoms with Gasteiger partial charge in [-0.15, -0.1) is 11.3 Å². The second kappa shape index (κ2) is 11.4. The van der Waals surface area contributed by atoms with Crippen molar-refractivity contribution in [2.45, 2.75) is 12.5 Å². The van der Waals surface area contributed by atoms with Crippen molar-refractivity contribution in [2.24, 2.45) is 5.73 Å². The smallest absolute Gasteiger partial charge is 0.355 e. The fourth-order valence-electron chi connectivity index (χ4n) is 4.70. The monoisotopic (exact) mass is 616 g/mol. The Balaban J connectivity index is 1.24. The van der Waals surface area contributed by atoms with E-state index in [0.29, 0.717) is 27.5 Å². The summed E-state index contributed by atoms with van der Waals surface area (Å²) in [7, 11) is 0. The van der Waals surface area contributed by atoms with Gasteiger partial charge in [0.05, 0.1) is 16.0 Å². The summed E-state index contributed by atoms with van der Waals surface area (Å²) in [4.78, 5) is 13.3. The van der Waals surface area contributed by atoms with Gasteiger partial charge in [-0.1, -0.05) is 59.6 Å². The minimum atomic E-state index is -0.637. The maximum absolute atomic E-state index is 13.2. The molecule has 5 aromatic rings. The summed E-state index contributed by atoms with van der Waals surface area (Å²) in [5.41, 5.74) is 8.69. The van der Waals surface area contributed by atoms with Crippen molar-refractivity contribution in [1.29, 1.82) is 5.26 Å². The molecule has 0 spiro atoms. The molecule has 0 amide bonds. The number of allylic oxidation sites excluding steroid dienone is 1. The molecule has 2 heterocycles.